The van der Waals surface area contributed by atoms with E-state index in [0.29, 0.717) is 18.2 Å². The van der Waals surface area contributed by atoms with Gasteiger partial charge in [0.1, 0.15) is 0 Å². The van der Waals surface area contributed by atoms with Crippen molar-refractivity contribution >= 4 is 5.91 Å². The second-order valence-corrected chi connectivity index (χ2v) is 3.55. The normalized spacial score (nSPS) is 9.41. The maximum absolute atomic E-state index is 11.1. The summed E-state index contributed by atoms with van der Waals surface area (Å²) in [5, 5.41) is 2.62. The molecule has 17 heavy (non-hydrogen) atoms. The SMILES string of the molecule is CC#CC(=O)NCc1ccnc(OC(C)C)n1. The number of ether oxygens (including phenoxy) is 1. The lowest BCUT2D eigenvalue weighted by Crippen LogP contribution is -2.21. The molecule has 1 rings (SSSR count). The first-order chi connectivity index (χ1) is 8.11. The molecule has 0 aliphatic carbocycles. The summed E-state index contributed by atoms with van der Waals surface area (Å²) in [4.78, 5) is 19.2. The first-order valence-electron chi connectivity index (χ1n) is 5.31. The topological polar surface area (TPSA) is 64.1 Å². The van der Waals surface area contributed by atoms with Crippen LogP contribution >= 0.6 is 0 Å². The molecule has 0 aromatic carbocycles. The lowest BCUT2D eigenvalue weighted by atomic mass is 10.4. The highest BCUT2D eigenvalue weighted by atomic mass is 16.5. The van der Waals surface area contributed by atoms with Crippen LogP contribution in [0.4, 0.5) is 0 Å². The summed E-state index contributed by atoms with van der Waals surface area (Å²) in [6.45, 7) is 5.71. The van der Waals surface area contributed by atoms with Crippen LogP contribution in [-0.2, 0) is 11.3 Å². The summed E-state index contributed by atoms with van der Waals surface area (Å²) in [6, 6.07) is 2.03. The van der Waals surface area contributed by atoms with E-state index >= 15 is 0 Å². The molecule has 1 N–H and O–H groups in total. The number of nitrogens with one attached hydrogen (secondary N) is 1. The van der Waals surface area contributed by atoms with E-state index in [-0.39, 0.29) is 12.0 Å². The second-order valence-electron chi connectivity index (χ2n) is 3.55. The summed E-state index contributed by atoms with van der Waals surface area (Å²) in [5.41, 5.74) is 0.682. The van der Waals surface area contributed by atoms with E-state index < -0.39 is 0 Å². The fourth-order valence-corrected chi connectivity index (χ4v) is 1.07. The third-order valence-corrected chi connectivity index (χ3v) is 1.70. The third-order valence-electron chi connectivity index (χ3n) is 1.70. The number of nitrogens with zero attached hydrogens (tertiary/aromatic N) is 2. The van der Waals surface area contributed by atoms with E-state index in [1.54, 1.807) is 19.2 Å². The first kappa shape index (κ1) is 13.0. The molecular formula is C12H15N3O2. The molecule has 0 spiro atoms. The molecule has 5 heteroatoms. The Morgan fingerprint density at radius 1 is 1.59 bits per heavy atom. The second kappa shape index (κ2) is 6.48. The summed E-state index contributed by atoms with van der Waals surface area (Å²) < 4.78 is 5.35. The first-order valence-corrected chi connectivity index (χ1v) is 5.31. The summed E-state index contributed by atoms with van der Waals surface area (Å²) in [6.07, 6.45) is 1.61. The monoisotopic (exact) mass is 233 g/mol. The lowest BCUT2D eigenvalue weighted by molar-refractivity contribution is -0.115. The molecule has 0 unspecified atom stereocenters. The van der Waals surface area contributed by atoms with Crippen molar-refractivity contribution in [2.24, 2.45) is 0 Å². The van der Waals surface area contributed by atoms with Crippen LogP contribution in [0, 0.1) is 11.8 Å². The van der Waals surface area contributed by atoms with Crippen LogP contribution in [0.15, 0.2) is 12.3 Å². The highest BCUT2D eigenvalue weighted by molar-refractivity contribution is 5.93. The minimum absolute atomic E-state index is 0.0193. The van der Waals surface area contributed by atoms with Gasteiger partial charge >= 0.3 is 6.01 Å². The molecule has 5 nitrogen and oxygen atoms in total. The Morgan fingerprint density at radius 2 is 2.35 bits per heavy atom. The lowest BCUT2D eigenvalue weighted by Gasteiger charge is -2.08. The van der Waals surface area contributed by atoms with Gasteiger partial charge in [-0.25, -0.2) is 4.98 Å². The van der Waals surface area contributed by atoms with Crippen LogP contribution < -0.4 is 10.1 Å². The molecule has 90 valence electrons. The smallest absolute Gasteiger partial charge is 0.316 e. The van der Waals surface area contributed by atoms with Gasteiger partial charge in [-0.2, -0.15) is 4.98 Å². The molecule has 0 saturated carbocycles. The van der Waals surface area contributed by atoms with E-state index in [4.69, 9.17) is 4.74 Å². The van der Waals surface area contributed by atoms with Gasteiger partial charge in [0.25, 0.3) is 5.91 Å². The van der Waals surface area contributed by atoms with Gasteiger partial charge in [0.05, 0.1) is 18.3 Å². The molecule has 0 atom stereocenters. The Labute approximate surface area is 101 Å². The average Bonchev–Trinajstić information content (AvgIpc) is 2.26. The van der Waals surface area contributed by atoms with E-state index in [1.165, 1.54) is 0 Å². The van der Waals surface area contributed by atoms with Crippen molar-refractivity contribution in [1.29, 1.82) is 0 Å². The molecule has 0 bridgehead atoms. The third kappa shape index (κ3) is 4.98. The quantitative estimate of drug-likeness (QED) is 0.785. The van der Waals surface area contributed by atoms with Gasteiger partial charge in [-0.1, -0.05) is 5.92 Å². The number of rotatable bonds is 4. The van der Waals surface area contributed by atoms with Crippen molar-refractivity contribution in [1.82, 2.24) is 15.3 Å². The van der Waals surface area contributed by atoms with Gasteiger partial charge in [0.15, 0.2) is 0 Å². The Morgan fingerprint density at radius 3 is 3.00 bits per heavy atom. The number of carbonyl (C=O) groups excluding carboxylic acids is 1. The molecule has 0 saturated heterocycles. The highest BCUT2D eigenvalue weighted by Gasteiger charge is 2.03. The van der Waals surface area contributed by atoms with Crippen molar-refractivity contribution < 1.29 is 9.53 Å². The van der Waals surface area contributed by atoms with Crippen LogP contribution in [-0.4, -0.2) is 22.0 Å². The Bertz CT molecular complexity index is 447. The zero-order valence-corrected chi connectivity index (χ0v) is 10.2. The molecule has 0 fully saturated rings. The van der Waals surface area contributed by atoms with Gasteiger partial charge in [-0.3, -0.25) is 4.79 Å². The van der Waals surface area contributed by atoms with Crippen LogP contribution in [0.5, 0.6) is 6.01 Å². The highest BCUT2D eigenvalue weighted by Crippen LogP contribution is 2.04. The maximum atomic E-state index is 11.1. The molecule has 0 aliphatic heterocycles. The number of aromatic nitrogens is 2. The Balaban J connectivity index is 2.58. The minimum atomic E-state index is -0.322. The van der Waals surface area contributed by atoms with E-state index in [0.717, 1.165) is 0 Å². The van der Waals surface area contributed by atoms with Gasteiger partial charge < -0.3 is 10.1 Å². The predicted octanol–water partition coefficient (Wildman–Crippen LogP) is 0.903. The van der Waals surface area contributed by atoms with E-state index in [1.807, 2.05) is 13.8 Å². The van der Waals surface area contributed by atoms with Gasteiger partial charge in [-0.05, 0) is 32.8 Å². The van der Waals surface area contributed by atoms with Crippen molar-refractivity contribution in [3.8, 4) is 17.9 Å². The fraction of sp³-hybridized carbons (Fsp3) is 0.417. The predicted molar refractivity (Wildman–Crippen MR) is 63.1 cm³/mol. The fourth-order valence-electron chi connectivity index (χ4n) is 1.07. The van der Waals surface area contributed by atoms with Crippen molar-refractivity contribution in [2.75, 3.05) is 0 Å². The molecule has 1 amide bonds. The van der Waals surface area contributed by atoms with Crippen molar-refractivity contribution in [3.63, 3.8) is 0 Å². The molecular weight excluding hydrogens is 218 g/mol. The average molecular weight is 233 g/mol. The van der Waals surface area contributed by atoms with Gasteiger partial charge in [0.2, 0.25) is 0 Å². The zero-order valence-electron chi connectivity index (χ0n) is 10.2. The molecule has 0 radical (unpaired) electrons. The zero-order chi connectivity index (χ0) is 12.7. The molecule has 0 aliphatic rings. The summed E-state index contributed by atoms with van der Waals surface area (Å²) in [5.74, 6) is 4.59. The Kier molecular flexibility index (Phi) is 4.95. The van der Waals surface area contributed by atoms with Crippen molar-refractivity contribution in [3.05, 3.63) is 18.0 Å². The largest absolute Gasteiger partial charge is 0.461 e. The Hall–Kier alpha value is -2.09. The summed E-state index contributed by atoms with van der Waals surface area (Å²) >= 11 is 0. The van der Waals surface area contributed by atoms with Crippen LogP contribution in [0.1, 0.15) is 26.5 Å². The van der Waals surface area contributed by atoms with Crippen LogP contribution in [0.25, 0.3) is 0 Å². The standard InChI is InChI=1S/C12H15N3O2/c1-4-5-11(16)14-8-10-6-7-13-12(15-10)17-9(2)3/h6-7,9H,8H2,1-3H3,(H,14,16). The van der Waals surface area contributed by atoms with Crippen LogP contribution in [0.2, 0.25) is 0 Å². The minimum Gasteiger partial charge on any atom is -0.461 e. The number of hydrogen-bond donors (Lipinski definition) is 1. The number of carbonyl (C=O) groups is 1. The van der Waals surface area contributed by atoms with Crippen LogP contribution in [0.3, 0.4) is 0 Å². The van der Waals surface area contributed by atoms with Gasteiger partial charge in [0, 0.05) is 6.20 Å². The maximum Gasteiger partial charge on any atom is 0.316 e. The van der Waals surface area contributed by atoms with Gasteiger partial charge in [-0.15, -0.1) is 0 Å². The molecule has 1 aromatic heterocycles. The number of amides is 1. The number of hydrogen-bond acceptors (Lipinski definition) is 4. The van der Waals surface area contributed by atoms with E-state index in [9.17, 15) is 4.79 Å². The van der Waals surface area contributed by atoms with Crippen molar-refractivity contribution in [2.45, 2.75) is 33.4 Å². The molecule has 1 heterocycles. The molecule has 1 aromatic rings. The van der Waals surface area contributed by atoms with E-state index in [2.05, 4.69) is 27.1 Å². The summed E-state index contributed by atoms with van der Waals surface area (Å²) in [7, 11) is 0.